The molecule has 0 atom stereocenters. The molecular formula is C23H25N3. The van der Waals surface area contributed by atoms with Gasteiger partial charge >= 0.3 is 0 Å². The van der Waals surface area contributed by atoms with Crippen molar-refractivity contribution >= 4 is 27.5 Å². The van der Waals surface area contributed by atoms with Crippen LogP contribution in [-0.2, 0) is 0 Å². The highest BCUT2D eigenvalue weighted by molar-refractivity contribution is 5.97. The Labute approximate surface area is 154 Å². The number of hydrogen-bond acceptors (Lipinski definition) is 2. The Morgan fingerprint density at radius 3 is 1.96 bits per heavy atom. The number of para-hydroxylation sites is 2. The molecule has 0 aliphatic heterocycles. The highest BCUT2D eigenvalue weighted by Crippen LogP contribution is 2.28. The van der Waals surface area contributed by atoms with E-state index in [1.165, 1.54) is 0 Å². The van der Waals surface area contributed by atoms with Crippen molar-refractivity contribution in [3.8, 4) is 0 Å². The Kier molecular flexibility index (Phi) is 5.08. The average molecular weight is 343 g/mol. The van der Waals surface area contributed by atoms with Crippen molar-refractivity contribution in [2.45, 2.75) is 6.92 Å². The summed E-state index contributed by atoms with van der Waals surface area (Å²) in [5.74, 6) is 0. The third kappa shape index (κ3) is 2.86. The molecule has 0 radical (unpaired) electrons. The van der Waals surface area contributed by atoms with Crippen molar-refractivity contribution < 1.29 is 0 Å². The Bertz CT molecular complexity index is 1040. The first-order valence-corrected chi connectivity index (χ1v) is 8.76. The third-order valence-electron chi connectivity index (χ3n) is 4.56. The molecule has 3 heteroatoms. The number of hydrogen-bond donors (Lipinski definition) is 0. The number of fused-ring (bicyclic) bond motifs is 2. The minimum Gasteiger partial charge on any atom is -0.376 e. The highest BCUT2D eigenvalue weighted by Gasteiger charge is 2.15. The van der Waals surface area contributed by atoms with Gasteiger partial charge in [0.05, 0.1) is 27.8 Å². The van der Waals surface area contributed by atoms with Crippen LogP contribution in [-0.4, -0.2) is 30.6 Å². The summed E-state index contributed by atoms with van der Waals surface area (Å²) in [7, 11) is 5.98. The Balaban J connectivity index is 2.60. The molecule has 0 amide bonds. The Morgan fingerprint density at radius 1 is 1.00 bits per heavy atom. The van der Waals surface area contributed by atoms with Crippen molar-refractivity contribution in [1.82, 2.24) is 9.47 Å². The molecule has 0 unspecified atom stereocenters. The lowest BCUT2D eigenvalue weighted by Gasteiger charge is -2.25. The number of rotatable bonds is 4. The topological polar surface area (TPSA) is 20.5 Å². The zero-order valence-electron chi connectivity index (χ0n) is 15.9. The quantitative estimate of drug-likeness (QED) is 0.491. The van der Waals surface area contributed by atoms with Gasteiger partial charge in [-0.15, -0.1) is 0 Å². The first-order chi connectivity index (χ1) is 12.6. The zero-order chi connectivity index (χ0) is 18.7. The SMILES string of the molecule is C=C/C=C(\C(=C/C)N(C)C)n1c2ccccc2c(=NC)c2ccccc21. The third-order valence-corrected chi connectivity index (χ3v) is 4.56. The van der Waals surface area contributed by atoms with Crippen LogP contribution in [0.2, 0.25) is 0 Å². The fraction of sp³-hybridized carbons (Fsp3) is 0.174. The highest BCUT2D eigenvalue weighted by atomic mass is 15.1. The molecule has 0 aliphatic rings. The van der Waals surface area contributed by atoms with Crippen LogP contribution in [0.25, 0.3) is 27.5 Å². The fourth-order valence-electron chi connectivity index (χ4n) is 3.53. The number of pyridine rings is 1. The molecule has 3 nitrogen and oxygen atoms in total. The summed E-state index contributed by atoms with van der Waals surface area (Å²) in [4.78, 5) is 6.72. The molecule has 3 rings (SSSR count). The van der Waals surface area contributed by atoms with E-state index < -0.39 is 0 Å². The van der Waals surface area contributed by atoms with Gasteiger partial charge in [-0.05, 0) is 25.1 Å². The van der Waals surface area contributed by atoms with Gasteiger partial charge in [-0.2, -0.15) is 0 Å². The summed E-state index contributed by atoms with van der Waals surface area (Å²) in [6, 6.07) is 16.8. The molecule has 0 aliphatic carbocycles. The molecule has 0 N–H and O–H groups in total. The molecule has 1 heterocycles. The zero-order valence-corrected chi connectivity index (χ0v) is 15.9. The molecular weight excluding hydrogens is 318 g/mol. The van der Waals surface area contributed by atoms with Crippen molar-refractivity contribution in [3.63, 3.8) is 0 Å². The van der Waals surface area contributed by atoms with Gasteiger partial charge < -0.3 is 9.47 Å². The molecule has 0 spiro atoms. The normalized spacial score (nSPS) is 12.5. The van der Waals surface area contributed by atoms with Gasteiger partial charge in [0.1, 0.15) is 0 Å². The predicted molar refractivity (Wildman–Crippen MR) is 113 cm³/mol. The van der Waals surface area contributed by atoms with E-state index in [0.29, 0.717) is 0 Å². The second-order valence-electron chi connectivity index (χ2n) is 6.30. The van der Waals surface area contributed by atoms with Crippen molar-refractivity contribution in [2.75, 3.05) is 21.1 Å². The van der Waals surface area contributed by atoms with E-state index in [2.05, 4.69) is 103 Å². The summed E-state index contributed by atoms with van der Waals surface area (Å²) in [5.41, 5.74) is 4.47. The van der Waals surface area contributed by atoms with Crippen LogP contribution >= 0.6 is 0 Å². The van der Waals surface area contributed by atoms with Gasteiger partial charge in [0, 0.05) is 31.9 Å². The van der Waals surface area contributed by atoms with Crippen LogP contribution in [0.1, 0.15) is 6.92 Å². The van der Waals surface area contributed by atoms with Crippen LogP contribution in [0.3, 0.4) is 0 Å². The van der Waals surface area contributed by atoms with Crippen LogP contribution in [0.15, 0.2) is 84.0 Å². The second kappa shape index (κ2) is 7.44. The van der Waals surface area contributed by atoms with Crippen molar-refractivity contribution in [3.05, 3.63) is 84.4 Å². The molecule has 0 bridgehead atoms. The van der Waals surface area contributed by atoms with E-state index >= 15 is 0 Å². The lowest BCUT2D eigenvalue weighted by Crippen LogP contribution is -2.19. The number of aromatic nitrogens is 1. The van der Waals surface area contributed by atoms with Crippen LogP contribution < -0.4 is 5.36 Å². The van der Waals surface area contributed by atoms with E-state index in [1.807, 2.05) is 13.1 Å². The summed E-state index contributed by atoms with van der Waals surface area (Å²) in [6.07, 6.45) is 6.04. The predicted octanol–water partition coefficient (Wildman–Crippen LogP) is 4.82. The Hall–Kier alpha value is -3.07. The smallest absolute Gasteiger partial charge is 0.0757 e. The fourth-order valence-corrected chi connectivity index (χ4v) is 3.53. The monoisotopic (exact) mass is 343 g/mol. The largest absolute Gasteiger partial charge is 0.376 e. The van der Waals surface area contributed by atoms with Crippen molar-refractivity contribution in [1.29, 1.82) is 0 Å². The van der Waals surface area contributed by atoms with Crippen LogP contribution in [0.5, 0.6) is 0 Å². The lowest BCUT2D eigenvalue weighted by molar-refractivity contribution is 0.529. The van der Waals surface area contributed by atoms with E-state index in [9.17, 15) is 0 Å². The molecule has 2 aromatic carbocycles. The van der Waals surface area contributed by atoms with Crippen molar-refractivity contribution in [2.24, 2.45) is 4.99 Å². The lowest BCUT2D eigenvalue weighted by atomic mass is 10.1. The number of allylic oxidation sites excluding steroid dienone is 4. The molecule has 132 valence electrons. The summed E-state index contributed by atoms with van der Waals surface area (Å²) < 4.78 is 2.30. The molecule has 0 saturated heterocycles. The van der Waals surface area contributed by atoms with Gasteiger partial charge in [-0.3, -0.25) is 4.99 Å². The molecule has 1 aromatic heterocycles. The van der Waals surface area contributed by atoms with E-state index in [0.717, 1.165) is 38.6 Å². The number of benzene rings is 2. The summed E-state index contributed by atoms with van der Waals surface area (Å²) in [6.45, 7) is 6.00. The molecule has 26 heavy (non-hydrogen) atoms. The first-order valence-electron chi connectivity index (χ1n) is 8.76. The minimum absolute atomic E-state index is 1.03. The minimum atomic E-state index is 1.03. The van der Waals surface area contributed by atoms with Gasteiger partial charge in [0.15, 0.2) is 0 Å². The molecule has 0 fully saturated rings. The maximum absolute atomic E-state index is 4.60. The summed E-state index contributed by atoms with van der Waals surface area (Å²) >= 11 is 0. The number of likely N-dealkylation sites (N-methyl/N-ethyl adjacent to an activating group) is 1. The van der Waals surface area contributed by atoms with Gasteiger partial charge in [0.2, 0.25) is 0 Å². The van der Waals surface area contributed by atoms with E-state index in [4.69, 9.17) is 0 Å². The molecule has 3 aromatic rings. The standard InChI is InChI=1S/C23H25N3/c1-6-12-22(19(7-2)25(4)5)26-20-15-10-8-13-17(20)23(24-3)18-14-9-11-16-21(18)26/h6-16H,1H2,2-5H3/b19-7+,22-12+. The maximum atomic E-state index is 4.60. The average Bonchev–Trinajstić information content (AvgIpc) is 2.65. The Morgan fingerprint density at radius 2 is 1.54 bits per heavy atom. The van der Waals surface area contributed by atoms with Gasteiger partial charge in [0.25, 0.3) is 0 Å². The molecule has 0 saturated carbocycles. The van der Waals surface area contributed by atoms with Crippen LogP contribution in [0, 0.1) is 0 Å². The van der Waals surface area contributed by atoms with E-state index in [1.54, 1.807) is 0 Å². The van der Waals surface area contributed by atoms with E-state index in [-0.39, 0.29) is 0 Å². The second-order valence-corrected chi connectivity index (χ2v) is 6.30. The number of nitrogens with zero attached hydrogens (tertiary/aromatic N) is 3. The van der Waals surface area contributed by atoms with Gasteiger partial charge in [-0.25, -0.2) is 0 Å². The summed E-state index contributed by atoms with van der Waals surface area (Å²) in [5, 5.41) is 3.30. The first kappa shape index (κ1) is 17.7. The van der Waals surface area contributed by atoms with Crippen LogP contribution in [0.4, 0.5) is 0 Å². The van der Waals surface area contributed by atoms with Gasteiger partial charge in [-0.1, -0.05) is 55.1 Å². The maximum Gasteiger partial charge on any atom is 0.0757 e.